The second-order valence-corrected chi connectivity index (χ2v) is 8.32. The van der Waals surface area contributed by atoms with E-state index in [1.807, 2.05) is 0 Å². The molecule has 0 aliphatic heterocycles. The van der Waals surface area contributed by atoms with Crippen LogP contribution in [0.2, 0.25) is 10.0 Å². The lowest BCUT2D eigenvalue weighted by Gasteiger charge is -2.09. The van der Waals surface area contributed by atoms with Gasteiger partial charge in [-0.15, -0.1) is 0 Å². The Balaban J connectivity index is 1.63. The summed E-state index contributed by atoms with van der Waals surface area (Å²) in [5.74, 6) is -0.679. The van der Waals surface area contributed by atoms with Gasteiger partial charge in [0.2, 0.25) is 0 Å². The van der Waals surface area contributed by atoms with E-state index in [2.05, 4.69) is 20.5 Å². The summed E-state index contributed by atoms with van der Waals surface area (Å²) in [7, 11) is 0. The number of fused-ring (bicyclic) bond motifs is 1. The number of aryl methyl sites for hydroxylation is 2. The van der Waals surface area contributed by atoms with E-state index in [1.54, 1.807) is 36.7 Å². The maximum absolute atomic E-state index is 13.4. The number of anilines is 1. The lowest BCUT2D eigenvalue weighted by atomic mass is 10.2. The highest BCUT2D eigenvalue weighted by Crippen LogP contribution is 2.30. The molecule has 0 spiro atoms. The van der Waals surface area contributed by atoms with Crippen LogP contribution < -0.4 is 5.32 Å². The molecule has 0 radical (unpaired) electrons. The molecule has 0 bridgehead atoms. The zero-order chi connectivity index (χ0) is 24.1. The van der Waals surface area contributed by atoms with E-state index in [-0.39, 0.29) is 17.0 Å². The van der Waals surface area contributed by atoms with Crippen molar-refractivity contribution >= 4 is 40.4 Å². The molecule has 172 valence electrons. The molecule has 1 amide bonds. The summed E-state index contributed by atoms with van der Waals surface area (Å²) in [6.07, 6.45) is -4.65. The van der Waals surface area contributed by atoms with Gasteiger partial charge in [0.05, 0.1) is 23.6 Å². The molecular formula is C21H17Cl2F3N6O. The minimum atomic E-state index is -4.65. The fourth-order valence-electron chi connectivity index (χ4n) is 3.43. The monoisotopic (exact) mass is 496 g/mol. The molecule has 0 fully saturated rings. The third-order valence-electron chi connectivity index (χ3n) is 5.03. The van der Waals surface area contributed by atoms with Gasteiger partial charge in [0.1, 0.15) is 5.69 Å². The van der Waals surface area contributed by atoms with Crippen LogP contribution in [-0.2, 0) is 12.7 Å². The van der Waals surface area contributed by atoms with E-state index < -0.39 is 17.8 Å². The van der Waals surface area contributed by atoms with Gasteiger partial charge in [-0.3, -0.25) is 9.48 Å². The summed E-state index contributed by atoms with van der Waals surface area (Å²) in [5, 5.41) is 12.0. The fourth-order valence-corrected chi connectivity index (χ4v) is 3.90. The first-order valence-corrected chi connectivity index (χ1v) is 10.4. The Morgan fingerprint density at radius 3 is 2.48 bits per heavy atom. The maximum atomic E-state index is 13.4. The van der Waals surface area contributed by atoms with Crippen molar-refractivity contribution in [2.45, 2.75) is 33.5 Å². The first-order valence-electron chi connectivity index (χ1n) is 9.68. The summed E-state index contributed by atoms with van der Waals surface area (Å²) in [4.78, 5) is 16.9. The average molecular weight is 497 g/mol. The van der Waals surface area contributed by atoms with Crippen molar-refractivity contribution in [3.8, 4) is 0 Å². The van der Waals surface area contributed by atoms with E-state index in [9.17, 15) is 18.0 Å². The highest BCUT2D eigenvalue weighted by atomic mass is 35.5. The molecule has 12 heteroatoms. The fraction of sp³-hybridized carbons (Fsp3) is 0.238. The molecule has 7 nitrogen and oxygen atoms in total. The van der Waals surface area contributed by atoms with Crippen molar-refractivity contribution in [2.75, 3.05) is 5.32 Å². The zero-order valence-corrected chi connectivity index (χ0v) is 19.1. The number of hydrogen-bond acceptors (Lipinski definition) is 4. The smallest absolute Gasteiger partial charge is 0.317 e. The molecule has 3 heterocycles. The van der Waals surface area contributed by atoms with Crippen molar-refractivity contribution in [2.24, 2.45) is 0 Å². The van der Waals surface area contributed by atoms with Crippen LogP contribution >= 0.6 is 23.2 Å². The summed E-state index contributed by atoms with van der Waals surface area (Å²) >= 11 is 12.2. The van der Waals surface area contributed by atoms with Crippen LogP contribution in [-0.4, -0.2) is 30.3 Å². The van der Waals surface area contributed by atoms with Crippen molar-refractivity contribution in [3.05, 3.63) is 74.4 Å². The first-order chi connectivity index (χ1) is 15.4. The van der Waals surface area contributed by atoms with Crippen LogP contribution in [0.15, 0.2) is 30.3 Å². The van der Waals surface area contributed by atoms with Crippen LogP contribution in [0, 0.1) is 20.8 Å². The van der Waals surface area contributed by atoms with Crippen molar-refractivity contribution < 1.29 is 18.0 Å². The lowest BCUT2D eigenvalue weighted by molar-refractivity contribution is -0.142. The molecule has 0 saturated heterocycles. The van der Waals surface area contributed by atoms with Crippen LogP contribution in [0.25, 0.3) is 5.65 Å². The van der Waals surface area contributed by atoms with Gasteiger partial charge in [-0.1, -0.05) is 29.3 Å². The van der Waals surface area contributed by atoms with Crippen LogP contribution in [0.1, 0.15) is 38.8 Å². The number of amides is 1. The largest absolute Gasteiger partial charge is 0.433 e. The quantitative estimate of drug-likeness (QED) is 0.405. The highest BCUT2D eigenvalue weighted by molar-refractivity contribution is 6.35. The first kappa shape index (κ1) is 23.1. The summed E-state index contributed by atoms with van der Waals surface area (Å²) in [5.41, 5.74) is 1.26. The van der Waals surface area contributed by atoms with Gasteiger partial charge < -0.3 is 5.32 Å². The topological polar surface area (TPSA) is 77.1 Å². The van der Waals surface area contributed by atoms with E-state index in [1.165, 1.54) is 13.0 Å². The Morgan fingerprint density at radius 2 is 1.82 bits per heavy atom. The molecule has 4 aromatic rings. The Kier molecular flexibility index (Phi) is 5.83. The molecule has 0 aliphatic rings. The van der Waals surface area contributed by atoms with Gasteiger partial charge in [0.25, 0.3) is 5.91 Å². The summed E-state index contributed by atoms with van der Waals surface area (Å²) in [6, 6.07) is 7.21. The van der Waals surface area contributed by atoms with Crippen molar-refractivity contribution in [3.63, 3.8) is 0 Å². The molecule has 0 atom stereocenters. The molecule has 1 N–H and O–H groups in total. The lowest BCUT2D eigenvalue weighted by Crippen LogP contribution is -2.16. The van der Waals surface area contributed by atoms with Crippen LogP contribution in [0.3, 0.4) is 0 Å². The number of rotatable bonds is 4. The van der Waals surface area contributed by atoms with E-state index in [4.69, 9.17) is 23.2 Å². The average Bonchev–Trinajstić information content (AvgIpc) is 3.25. The molecule has 0 aliphatic carbocycles. The minimum Gasteiger partial charge on any atom is -0.317 e. The predicted molar refractivity (Wildman–Crippen MR) is 118 cm³/mol. The SMILES string of the molecule is Cc1cc(C(F)(F)F)n2nc(C(=O)Nc3c(C)nn(Cc4ccc(Cl)cc4Cl)c3C)cc2n1. The number of hydrogen-bond donors (Lipinski definition) is 1. The molecular weight excluding hydrogens is 480 g/mol. The number of halogens is 5. The van der Waals surface area contributed by atoms with Gasteiger partial charge in [-0.05, 0) is 44.5 Å². The molecule has 0 unspecified atom stereocenters. The van der Waals surface area contributed by atoms with Crippen molar-refractivity contribution in [1.82, 2.24) is 24.4 Å². The number of benzene rings is 1. The number of nitrogens with zero attached hydrogens (tertiary/aromatic N) is 5. The van der Waals surface area contributed by atoms with Crippen molar-refractivity contribution in [1.29, 1.82) is 0 Å². The highest BCUT2D eigenvalue weighted by Gasteiger charge is 2.35. The molecule has 33 heavy (non-hydrogen) atoms. The normalized spacial score (nSPS) is 11.9. The number of carbonyl (C=O) groups is 1. The molecule has 3 aromatic heterocycles. The van der Waals surface area contributed by atoms with E-state index in [0.29, 0.717) is 38.2 Å². The summed E-state index contributed by atoms with van der Waals surface area (Å²) < 4.78 is 42.4. The number of carbonyl (C=O) groups excluding carboxylic acids is 1. The van der Waals surface area contributed by atoms with Crippen LogP contribution in [0.4, 0.5) is 18.9 Å². The van der Waals surface area contributed by atoms with E-state index >= 15 is 0 Å². The van der Waals surface area contributed by atoms with Gasteiger partial charge >= 0.3 is 6.18 Å². The minimum absolute atomic E-state index is 0.0750. The number of alkyl halides is 3. The van der Waals surface area contributed by atoms with E-state index in [0.717, 1.165) is 11.6 Å². The number of nitrogens with one attached hydrogen (secondary N) is 1. The second-order valence-electron chi connectivity index (χ2n) is 7.47. The Morgan fingerprint density at radius 1 is 1.09 bits per heavy atom. The molecule has 1 aromatic carbocycles. The second kappa shape index (κ2) is 8.35. The third-order valence-corrected chi connectivity index (χ3v) is 5.62. The maximum Gasteiger partial charge on any atom is 0.433 e. The Labute approximate surface area is 196 Å². The summed E-state index contributed by atoms with van der Waals surface area (Å²) in [6.45, 7) is 5.25. The third kappa shape index (κ3) is 4.53. The zero-order valence-electron chi connectivity index (χ0n) is 17.6. The van der Waals surface area contributed by atoms with Gasteiger partial charge in [0, 0.05) is 21.8 Å². The Hall–Kier alpha value is -3.11. The molecule has 0 saturated carbocycles. The van der Waals surface area contributed by atoms with Gasteiger partial charge in [-0.2, -0.15) is 23.4 Å². The standard InChI is InChI=1S/C21H17Cl2F3N6O/c1-10-6-17(21(24,25)26)32-18(27-10)8-16(30-32)20(33)28-19-11(2)29-31(12(19)3)9-13-4-5-14(22)7-15(13)23/h4-8H,9H2,1-3H3,(H,28,33). The van der Waals surface area contributed by atoms with Crippen LogP contribution in [0.5, 0.6) is 0 Å². The molecule has 4 rings (SSSR count). The Bertz CT molecular complexity index is 1390. The van der Waals surface area contributed by atoms with Gasteiger partial charge in [-0.25, -0.2) is 9.50 Å². The van der Waals surface area contributed by atoms with Gasteiger partial charge in [0.15, 0.2) is 11.3 Å². The number of aromatic nitrogens is 5. The predicted octanol–water partition coefficient (Wildman–Crippen LogP) is 5.48.